The van der Waals surface area contributed by atoms with E-state index in [2.05, 4.69) is 67.8 Å². The third-order valence-corrected chi connectivity index (χ3v) is 6.67. The summed E-state index contributed by atoms with van der Waals surface area (Å²) in [5.74, 6) is 0.647. The molecule has 2 nitrogen and oxygen atoms in total. The molecule has 2 N–H and O–H groups in total. The van der Waals surface area contributed by atoms with E-state index in [0.717, 1.165) is 16.4 Å². The van der Waals surface area contributed by atoms with E-state index in [9.17, 15) is 0 Å². The van der Waals surface area contributed by atoms with Crippen LogP contribution in [0.4, 0.5) is 0 Å². The minimum Gasteiger partial charge on any atom is -0.497 e. The highest BCUT2D eigenvalue weighted by Crippen LogP contribution is 2.36. The molecule has 0 aliphatic carbocycles. The van der Waals surface area contributed by atoms with Gasteiger partial charge in [0.2, 0.25) is 0 Å². The van der Waals surface area contributed by atoms with Gasteiger partial charge in [-0.2, -0.15) is 0 Å². The summed E-state index contributed by atoms with van der Waals surface area (Å²) < 4.78 is 5.46. The van der Waals surface area contributed by atoms with Crippen molar-refractivity contribution < 1.29 is 4.74 Å². The van der Waals surface area contributed by atoms with Crippen molar-refractivity contribution in [2.24, 2.45) is 5.73 Å². The van der Waals surface area contributed by atoms with Crippen molar-refractivity contribution in [1.29, 1.82) is 0 Å². The number of hydrogen-bond donors (Lipinski definition) is 1. The van der Waals surface area contributed by atoms with Gasteiger partial charge in [0.1, 0.15) is 5.76 Å². The zero-order chi connectivity index (χ0) is 18.5. The highest BCUT2D eigenvalue weighted by molar-refractivity contribution is 7.80. The fourth-order valence-corrected chi connectivity index (χ4v) is 5.35. The van der Waals surface area contributed by atoms with E-state index in [1.165, 1.54) is 10.6 Å². The first-order valence-corrected chi connectivity index (χ1v) is 9.68. The van der Waals surface area contributed by atoms with Gasteiger partial charge in [0.05, 0.1) is 7.11 Å². The largest absolute Gasteiger partial charge is 0.497 e. The Morgan fingerprint density at radius 1 is 0.846 bits per heavy atom. The number of benzene rings is 3. The van der Waals surface area contributed by atoms with Gasteiger partial charge in [-0.3, -0.25) is 0 Å². The maximum Gasteiger partial charge on any atom is 0.119 e. The zero-order valence-corrected chi connectivity index (χ0v) is 15.7. The fourth-order valence-electron chi connectivity index (χ4n) is 2.84. The molecule has 0 fully saturated rings. The molecule has 0 spiro atoms. The molecule has 0 unspecified atom stereocenters. The van der Waals surface area contributed by atoms with Crippen molar-refractivity contribution >= 4 is 35.3 Å². The molecular formula is C23H22NOP. The van der Waals surface area contributed by atoms with Gasteiger partial charge in [0.25, 0.3) is 0 Å². The van der Waals surface area contributed by atoms with E-state index in [-0.39, 0.29) is 0 Å². The molecule has 26 heavy (non-hydrogen) atoms. The van der Waals surface area contributed by atoms with Crippen LogP contribution in [-0.2, 0) is 4.74 Å². The maximum absolute atomic E-state index is 5.98. The van der Waals surface area contributed by atoms with Crippen LogP contribution in [0.15, 0.2) is 92.0 Å². The Hall–Kier alpha value is -2.83. The number of nitrogens with two attached hydrogens (primary N) is 1. The summed E-state index contributed by atoms with van der Waals surface area (Å²) in [6.45, 7) is 7.98. The molecule has 0 aromatic heterocycles. The average molecular weight is 359 g/mol. The highest BCUT2D eigenvalue weighted by atomic mass is 31.1. The van der Waals surface area contributed by atoms with Crippen molar-refractivity contribution in [2.75, 3.05) is 7.11 Å². The summed E-state index contributed by atoms with van der Waals surface area (Å²) in [5.41, 5.74) is 8.45. The minimum absolute atomic E-state index is 0.553. The Labute approximate surface area is 156 Å². The van der Waals surface area contributed by atoms with Crippen LogP contribution in [-0.4, -0.2) is 7.11 Å². The number of ether oxygens (including phenoxy) is 1. The Bertz CT molecular complexity index is 880. The average Bonchev–Trinajstić information content (AvgIpc) is 2.69. The normalized spacial score (nSPS) is 10.5. The molecule has 0 bridgehead atoms. The van der Waals surface area contributed by atoms with Gasteiger partial charge < -0.3 is 10.5 Å². The SMILES string of the molecule is C=C(N)c1ccc(C(=C)OC)c(P(c2ccccc2)c2ccccc2)c1. The summed E-state index contributed by atoms with van der Waals surface area (Å²) >= 11 is 0. The third-order valence-electron chi connectivity index (χ3n) is 4.19. The molecule has 3 aromatic carbocycles. The lowest BCUT2D eigenvalue weighted by atomic mass is 10.1. The van der Waals surface area contributed by atoms with Crippen molar-refractivity contribution in [3.05, 3.63) is 103 Å². The topological polar surface area (TPSA) is 35.2 Å². The summed E-state index contributed by atoms with van der Waals surface area (Å²) in [7, 11) is 0.865. The van der Waals surface area contributed by atoms with Crippen LogP contribution in [0, 0.1) is 0 Å². The maximum atomic E-state index is 5.98. The lowest BCUT2D eigenvalue weighted by molar-refractivity contribution is 0.372. The van der Waals surface area contributed by atoms with E-state index in [4.69, 9.17) is 10.5 Å². The first kappa shape index (κ1) is 18.0. The lowest BCUT2D eigenvalue weighted by Crippen LogP contribution is -2.24. The van der Waals surface area contributed by atoms with Crippen LogP contribution in [0.2, 0.25) is 0 Å². The van der Waals surface area contributed by atoms with Gasteiger partial charge in [-0.1, -0.05) is 79.9 Å². The minimum atomic E-state index is -0.783. The van der Waals surface area contributed by atoms with Crippen LogP contribution in [0.5, 0.6) is 0 Å². The van der Waals surface area contributed by atoms with Crippen molar-refractivity contribution in [3.63, 3.8) is 0 Å². The second kappa shape index (κ2) is 8.03. The molecule has 130 valence electrons. The Balaban J connectivity index is 2.28. The van der Waals surface area contributed by atoms with Gasteiger partial charge in [0.15, 0.2) is 0 Å². The van der Waals surface area contributed by atoms with E-state index >= 15 is 0 Å². The molecule has 0 amide bonds. The molecule has 0 radical (unpaired) electrons. The molecule has 0 saturated heterocycles. The first-order chi connectivity index (χ1) is 12.6. The summed E-state index contributed by atoms with van der Waals surface area (Å²) in [6.07, 6.45) is 0. The molecule has 0 aliphatic heterocycles. The smallest absolute Gasteiger partial charge is 0.119 e. The lowest BCUT2D eigenvalue weighted by Gasteiger charge is -2.23. The van der Waals surface area contributed by atoms with Gasteiger partial charge in [-0.15, -0.1) is 0 Å². The van der Waals surface area contributed by atoms with Gasteiger partial charge in [-0.25, -0.2) is 0 Å². The summed E-state index contributed by atoms with van der Waals surface area (Å²) in [4.78, 5) is 0. The first-order valence-electron chi connectivity index (χ1n) is 8.34. The fraction of sp³-hybridized carbons (Fsp3) is 0.0435. The zero-order valence-electron chi connectivity index (χ0n) is 14.9. The number of hydrogen-bond acceptors (Lipinski definition) is 2. The standard InChI is InChI=1S/C23H22NOP/c1-17(24)19-14-15-22(18(2)25-3)23(16-19)26(20-10-6-4-7-11-20)21-12-8-5-9-13-21/h4-16H,1-2,24H2,3H3. The van der Waals surface area contributed by atoms with Crippen molar-refractivity contribution in [2.45, 2.75) is 0 Å². The molecule has 0 atom stereocenters. The predicted molar refractivity (Wildman–Crippen MR) is 114 cm³/mol. The molecule has 0 heterocycles. The van der Waals surface area contributed by atoms with Gasteiger partial charge in [0, 0.05) is 11.3 Å². The summed E-state index contributed by atoms with van der Waals surface area (Å²) in [6, 6.07) is 27.2. The van der Waals surface area contributed by atoms with Gasteiger partial charge >= 0.3 is 0 Å². The molecule has 0 saturated carbocycles. The summed E-state index contributed by atoms with van der Waals surface area (Å²) in [5, 5.41) is 3.69. The van der Waals surface area contributed by atoms with Crippen LogP contribution in [0.1, 0.15) is 11.1 Å². The van der Waals surface area contributed by atoms with E-state index in [1.807, 2.05) is 24.3 Å². The highest BCUT2D eigenvalue weighted by Gasteiger charge is 2.21. The van der Waals surface area contributed by atoms with Crippen molar-refractivity contribution in [3.8, 4) is 0 Å². The molecular weight excluding hydrogens is 337 g/mol. The quantitative estimate of drug-likeness (QED) is 0.533. The third kappa shape index (κ3) is 3.71. The van der Waals surface area contributed by atoms with Crippen molar-refractivity contribution in [1.82, 2.24) is 0 Å². The molecule has 0 aliphatic rings. The van der Waals surface area contributed by atoms with Crippen LogP contribution >= 0.6 is 7.92 Å². The number of rotatable bonds is 6. The van der Waals surface area contributed by atoms with E-state index in [0.29, 0.717) is 11.5 Å². The predicted octanol–water partition coefficient (Wildman–Crippen LogP) is 3.99. The second-order valence-corrected chi connectivity index (χ2v) is 8.08. The molecule has 3 heteroatoms. The van der Waals surface area contributed by atoms with Gasteiger partial charge in [-0.05, 0) is 41.5 Å². The van der Waals surface area contributed by atoms with Crippen LogP contribution in [0.3, 0.4) is 0 Å². The van der Waals surface area contributed by atoms with E-state index in [1.54, 1.807) is 7.11 Å². The molecule has 3 rings (SSSR count). The second-order valence-electron chi connectivity index (χ2n) is 5.89. The Kier molecular flexibility index (Phi) is 5.55. The van der Waals surface area contributed by atoms with Crippen LogP contribution in [0.25, 0.3) is 11.5 Å². The van der Waals surface area contributed by atoms with Crippen LogP contribution < -0.4 is 21.6 Å². The Morgan fingerprint density at radius 3 is 1.85 bits per heavy atom. The van der Waals surface area contributed by atoms with E-state index < -0.39 is 7.92 Å². The molecule has 3 aromatic rings. The monoisotopic (exact) mass is 359 g/mol. The number of methoxy groups -OCH3 is 1. The Morgan fingerprint density at radius 2 is 1.38 bits per heavy atom.